The number of amides is 1. The van der Waals surface area contributed by atoms with Crippen LogP contribution in [0.25, 0.3) is 0 Å². The van der Waals surface area contributed by atoms with Gasteiger partial charge in [-0.15, -0.1) is 11.8 Å². The van der Waals surface area contributed by atoms with E-state index in [1.54, 1.807) is 7.11 Å². The Morgan fingerprint density at radius 1 is 1.13 bits per heavy atom. The van der Waals surface area contributed by atoms with Crippen LogP contribution in [0, 0.1) is 6.92 Å². The van der Waals surface area contributed by atoms with Gasteiger partial charge in [-0.05, 0) is 36.2 Å². The number of benzene rings is 2. The number of aromatic nitrogens is 3. The van der Waals surface area contributed by atoms with Crippen molar-refractivity contribution in [3.63, 3.8) is 0 Å². The zero-order valence-electron chi connectivity index (χ0n) is 16.9. The number of thioether (sulfide) groups is 1. The second kappa shape index (κ2) is 10.4. The second-order valence-electron chi connectivity index (χ2n) is 6.49. The minimum Gasteiger partial charge on any atom is -0.497 e. The van der Waals surface area contributed by atoms with Crippen molar-refractivity contribution in [2.45, 2.75) is 19.2 Å². The number of hydrogen-bond donors (Lipinski definition) is 3. The third kappa shape index (κ3) is 6.35. The van der Waals surface area contributed by atoms with Crippen LogP contribution in [0.1, 0.15) is 17.0 Å². The molecule has 0 aliphatic heterocycles. The highest BCUT2D eigenvalue weighted by molar-refractivity contribution is 7.99. The highest BCUT2D eigenvalue weighted by Gasteiger charge is 2.08. The number of anilines is 3. The first-order chi connectivity index (χ1) is 14.5. The van der Waals surface area contributed by atoms with Gasteiger partial charge in [0.05, 0.1) is 18.6 Å². The summed E-state index contributed by atoms with van der Waals surface area (Å²) in [5.41, 5.74) is 8.77. The van der Waals surface area contributed by atoms with Crippen LogP contribution in [0.4, 0.5) is 17.6 Å². The van der Waals surface area contributed by atoms with E-state index in [2.05, 4.69) is 25.6 Å². The van der Waals surface area contributed by atoms with E-state index in [9.17, 15) is 4.79 Å². The van der Waals surface area contributed by atoms with E-state index in [1.165, 1.54) is 11.8 Å². The molecule has 0 fully saturated rings. The Bertz CT molecular complexity index is 1010. The molecule has 3 rings (SSSR count). The standard InChI is InChI=1S/C21H24N6O2S/c1-14-6-3-4-9-17(14)24-21-26-18(25-20(22)27-21)12-30-13-19(28)23-11-15-7-5-8-16(10-15)29-2/h3-10H,11-13H2,1-2H3,(H,23,28)(H3,22,24,25,26,27). The maximum Gasteiger partial charge on any atom is 0.232 e. The average molecular weight is 425 g/mol. The van der Waals surface area contributed by atoms with Crippen LogP contribution in [0.2, 0.25) is 0 Å². The summed E-state index contributed by atoms with van der Waals surface area (Å²) < 4.78 is 5.19. The predicted octanol–water partition coefficient (Wildman–Crippen LogP) is 3.06. The van der Waals surface area contributed by atoms with Crippen LogP contribution in [0.5, 0.6) is 5.75 Å². The lowest BCUT2D eigenvalue weighted by molar-refractivity contribution is -0.118. The molecule has 0 saturated heterocycles. The molecule has 1 amide bonds. The number of rotatable bonds is 9. The molecule has 0 unspecified atom stereocenters. The molecular formula is C21H24N6O2S. The van der Waals surface area contributed by atoms with Gasteiger partial charge in [-0.2, -0.15) is 15.0 Å². The van der Waals surface area contributed by atoms with Gasteiger partial charge in [0.15, 0.2) is 0 Å². The molecule has 3 aromatic rings. The average Bonchev–Trinajstić information content (AvgIpc) is 2.74. The molecule has 9 heteroatoms. The van der Waals surface area contributed by atoms with Crippen LogP contribution in [-0.4, -0.2) is 33.7 Å². The fourth-order valence-electron chi connectivity index (χ4n) is 2.66. The van der Waals surface area contributed by atoms with Crippen molar-refractivity contribution >= 4 is 35.3 Å². The Hall–Kier alpha value is -3.33. The number of nitrogens with two attached hydrogens (primary N) is 1. The summed E-state index contributed by atoms with van der Waals surface area (Å²) in [5, 5.41) is 6.05. The Morgan fingerprint density at radius 2 is 1.97 bits per heavy atom. The van der Waals surface area contributed by atoms with Gasteiger partial charge in [0, 0.05) is 12.2 Å². The molecule has 30 heavy (non-hydrogen) atoms. The van der Waals surface area contributed by atoms with Gasteiger partial charge in [0.2, 0.25) is 17.8 Å². The first-order valence-electron chi connectivity index (χ1n) is 9.34. The van der Waals surface area contributed by atoms with Crippen LogP contribution in [-0.2, 0) is 17.1 Å². The van der Waals surface area contributed by atoms with Gasteiger partial charge in [0.25, 0.3) is 0 Å². The number of ether oxygens (including phenoxy) is 1. The van der Waals surface area contributed by atoms with Gasteiger partial charge in [-0.3, -0.25) is 4.79 Å². The van der Waals surface area contributed by atoms with Crippen molar-refractivity contribution in [3.8, 4) is 5.75 Å². The SMILES string of the molecule is COc1cccc(CNC(=O)CSCc2nc(N)nc(Nc3ccccc3C)n2)c1. The highest BCUT2D eigenvalue weighted by atomic mass is 32.2. The Balaban J connectivity index is 1.50. The largest absolute Gasteiger partial charge is 0.497 e. The van der Waals surface area contributed by atoms with Crippen LogP contribution >= 0.6 is 11.8 Å². The Kier molecular flexibility index (Phi) is 7.45. The number of para-hydroxylation sites is 1. The zero-order valence-corrected chi connectivity index (χ0v) is 17.7. The maximum absolute atomic E-state index is 12.1. The minimum absolute atomic E-state index is 0.0666. The molecule has 0 radical (unpaired) electrons. The van der Waals surface area contributed by atoms with Crippen molar-refractivity contribution in [3.05, 3.63) is 65.5 Å². The summed E-state index contributed by atoms with van der Waals surface area (Å²) in [6.07, 6.45) is 0. The molecule has 0 aliphatic rings. The van der Waals surface area contributed by atoms with Crippen molar-refractivity contribution in [2.24, 2.45) is 0 Å². The number of nitrogen functional groups attached to an aromatic ring is 1. The van der Waals surface area contributed by atoms with Gasteiger partial charge in [0.1, 0.15) is 11.6 Å². The van der Waals surface area contributed by atoms with Gasteiger partial charge >= 0.3 is 0 Å². The molecule has 2 aromatic carbocycles. The Morgan fingerprint density at radius 3 is 2.77 bits per heavy atom. The molecule has 0 saturated carbocycles. The van der Waals surface area contributed by atoms with Crippen molar-refractivity contribution in [2.75, 3.05) is 23.9 Å². The van der Waals surface area contributed by atoms with Gasteiger partial charge in [-0.25, -0.2) is 0 Å². The molecule has 1 aromatic heterocycles. The minimum atomic E-state index is -0.0666. The van der Waals surface area contributed by atoms with E-state index >= 15 is 0 Å². The monoisotopic (exact) mass is 424 g/mol. The fourth-order valence-corrected chi connectivity index (χ4v) is 3.36. The van der Waals surface area contributed by atoms with Gasteiger partial charge in [-0.1, -0.05) is 30.3 Å². The summed E-state index contributed by atoms with van der Waals surface area (Å²) in [7, 11) is 1.62. The molecule has 0 atom stereocenters. The molecule has 8 nitrogen and oxygen atoms in total. The number of aryl methyl sites for hydroxylation is 1. The van der Waals surface area contributed by atoms with E-state index in [4.69, 9.17) is 10.5 Å². The molecule has 0 bridgehead atoms. The van der Waals surface area contributed by atoms with Crippen LogP contribution in [0.3, 0.4) is 0 Å². The summed E-state index contributed by atoms with van der Waals surface area (Å²) in [4.78, 5) is 24.8. The predicted molar refractivity (Wildman–Crippen MR) is 120 cm³/mol. The molecular weight excluding hydrogens is 400 g/mol. The summed E-state index contributed by atoms with van der Waals surface area (Å²) >= 11 is 1.41. The molecule has 1 heterocycles. The normalized spacial score (nSPS) is 10.5. The van der Waals surface area contributed by atoms with E-state index < -0.39 is 0 Å². The molecule has 0 spiro atoms. The fraction of sp³-hybridized carbons (Fsp3) is 0.238. The van der Waals surface area contributed by atoms with Crippen molar-refractivity contribution < 1.29 is 9.53 Å². The third-order valence-corrected chi connectivity index (χ3v) is 5.11. The van der Waals surface area contributed by atoms with Crippen molar-refractivity contribution in [1.82, 2.24) is 20.3 Å². The molecule has 156 valence electrons. The quantitative estimate of drug-likeness (QED) is 0.480. The smallest absolute Gasteiger partial charge is 0.232 e. The lowest BCUT2D eigenvalue weighted by Crippen LogP contribution is -2.24. The maximum atomic E-state index is 12.1. The van der Waals surface area contributed by atoms with Crippen LogP contribution in [0.15, 0.2) is 48.5 Å². The van der Waals surface area contributed by atoms with E-state index in [1.807, 2.05) is 55.5 Å². The van der Waals surface area contributed by atoms with Crippen LogP contribution < -0.4 is 21.1 Å². The number of hydrogen-bond acceptors (Lipinski definition) is 8. The second-order valence-corrected chi connectivity index (χ2v) is 7.48. The van der Waals surface area contributed by atoms with E-state index in [0.717, 1.165) is 22.6 Å². The highest BCUT2D eigenvalue weighted by Crippen LogP contribution is 2.19. The number of carbonyl (C=O) groups excluding carboxylic acids is 1. The number of nitrogens with zero attached hydrogens (tertiary/aromatic N) is 3. The number of nitrogens with one attached hydrogen (secondary N) is 2. The first-order valence-corrected chi connectivity index (χ1v) is 10.5. The topological polar surface area (TPSA) is 115 Å². The molecule has 0 aliphatic carbocycles. The summed E-state index contributed by atoms with van der Waals surface area (Å²) in [6.45, 7) is 2.44. The Labute approximate surface area is 179 Å². The summed E-state index contributed by atoms with van der Waals surface area (Å²) in [5.74, 6) is 2.47. The number of methoxy groups -OCH3 is 1. The lowest BCUT2D eigenvalue weighted by Gasteiger charge is -2.09. The van der Waals surface area contributed by atoms with Gasteiger partial charge < -0.3 is 21.1 Å². The summed E-state index contributed by atoms with van der Waals surface area (Å²) in [6, 6.07) is 15.4. The molecule has 4 N–H and O–H groups in total. The van der Waals surface area contributed by atoms with Crippen molar-refractivity contribution in [1.29, 1.82) is 0 Å². The third-order valence-electron chi connectivity index (χ3n) is 4.18. The zero-order chi connectivity index (χ0) is 21.3. The lowest BCUT2D eigenvalue weighted by atomic mass is 10.2. The first kappa shape index (κ1) is 21.4. The van der Waals surface area contributed by atoms with E-state index in [-0.39, 0.29) is 17.6 Å². The van der Waals surface area contributed by atoms with E-state index in [0.29, 0.717) is 24.1 Å². The number of carbonyl (C=O) groups is 1.